The van der Waals surface area contributed by atoms with Crippen LogP contribution < -0.4 is 20.9 Å². The van der Waals surface area contributed by atoms with Crippen LogP contribution in [0, 0.1) is 0 Å². The first kappa shape index (κ1) is 23.1. The molecule has 0 fully saturated rings. The maximum atomic E-state index is 12.4. The zero-order valence-electron chi connectivity index (χ0n) is 16.5. The molecule has 0 aliphatic rings. The molecule has 2 heterocycles. The number of phenolic OH excluding ortho intramolecular Hbond substituents is 1. The van der Waals surface area contributed by atoms with Crippen LogP contribution in [0.5, 0.6) is 28.7 Å². The van der Waals surface area contributed by atoms with Crippen LogP contribution in [0.15, 0.2) is 82.9 Å². The fraction of sp³-hybridized carbons (Fsp3) is 0.0476. The van der Waals surface area contributed by atoms with Gasteiger partial charge in [-0.25, -0.2) is 9.59 Å². The molecule has 0 aliphatic heterocycles. The lowest BCUT2D eigenvalue weighted by atomic mass is 10.2. The van der Waals surface area contributed by atoms with Gasteiger partial charge in [0.25, 0.3) is 0 Å². The van der Waals surface area contributed by atoms with E-state index >= 15 is 0 Å². The summed E-state index contributed by atoms with van der Waals surface area (Å²) < 4.78 is 47.8. The van der Waals surface area contributed by atoms with Gasteiger partial charge in [-0.1, -0.05) is 12.1 Å². The van der Waals surface area contributed by atoms with E-state index in [-0.39, 0.29) is 17.2 Å². The van der Waals surface area contributed by atoms with Crippen LogP contribution in [-0.2, 0) is 6.18 Å². The van der Waals surface area contributed by atoms with Gasteiger partial charge in [-0.15, -0.1) is 0 Å². The summed E-state index contributed by atoms with van der Waals surface area (Å²) in [4.78, 5) is 32.9. The van der Waals surface area contributed by atoms with Crippen LogP contribution in [0.1, 0.15) is 5.56 Å². The van der Waals surface area contributed by atoms with Gasteiger partial charge in [-0.3, -0.25) is 0 Å². The Morgan fingerprint density at radius 1 is 0.758 bits per heavy atom. The Morgan fingerprint density at radius 3 is 1.73 bits per heavy atom. The first-order valence-corrected chi connectivity index (χ1v) is 9.10. The minimum absolute atomic E-state index is 0.0127. The number of ether oxygens (including phenoxy) is 2. The number of hydrogen-bond acceptors (Lipinski definition) is 7. The van der Waals surface area contributed by atoms with Crippen LogP contribution in [-0.4, -0.2) is 25.0 Å². The summed E-state index contributed by atoms with van der Waals surface area (Å²) >= 11 is 0. The largest absolute Gasteiger partial charge is 0.508 e. The Morgan fingerprint density at radius 2 is 1.27 bits per heavy atom. The van der Waals surface area contributed by atoms with Gasteiger partial charge < -0.3 is 24.5 Å². The summed E-state index contributed by atoms with van der Waals surface area (Å²) in [7, 11) is 0. The van der Waals surface area contributed by atoms with E-state index in [0.717, 1.165) is 18.3 Å². The Labute approximate surface area is 183 Å². The first-order valence-electron chi connectivity index (χ1n) is 9.10. The van der Waals surface area contributed by atoms with E-state index in [1.54, 1.807) is 12.1 Å². The lowest BCUT2D eigenvalue weighted by Crippen LogP contribution is -2.08. The number of H-pyrrole nitrogens is 2. The molecule has 0 bridgehead atoms. The summed E-state index contributed by atoms with van der Waals surface area (Å²) in [6.45, 7) is 0. The highest BCUT2D eigenvalue weighted by Gasteiger charge is 2.30. The second-order valence-electron chi connectivity index (χ2n) is 6.24. The number of aromatic amines is 2. The van der Waals surface area contributed by atoms with Gasteiger partial charge in [0.2, 0.25) is 0 Å². The molecule has 4 rings (SSSR count). The van der Waals surface area contributed by atoms with Crippen molar-refractivity contribution in [2.75, 3.05) is 0 Å². The fourth-order valence-corrected chi connectivity index (χ4v) is 2.33. The molecule has 4 aromatic rings. The summed E-state index contributed by atoms with van der Waals surface area (Å²) in [5.41, 5.74) is -1.80. The quantitative estimate of drug-likeness (QED) is 0.422. The van der Waals surface area contributed by atoms with Gasteiger partial charge in [0, 0.05) is 6.07 Å². The summed E-state index contributed by atoms with van der Waals surface area (Å²) in [5.74, 6) is 1.15. The molecule has 0 spiro atoms. The van der Waals surface area contributed by atoms with Gasteiger partial charge in [0.05, 0.1) is 30.4 Å². The van der Waals surface area contributed by atoms with E-state index < -0.39 is 23.1 Å². The molecular formula is C21H15F3N4O5. The molecule has 3 N–H and O–H groups in total. The van der Waals surface area contributed by atoms with Crippen molar-refractivity contribution in [3.8, 4) is 28.7 Å². The van der Waals surface area contributed by atoms with Crippen molar-refractivity contribution in [3.05, 3.63) is 99.9 Å². The average Bonchev–Trinajstić information content (AvgIpc) is 2.77. The van der Waals surface area contributed by atoms with Crippen molar-refractivity contribution >= 4 is 0 Å². The highest BCUT2D eigenvalue weighted by atomic mass is 19.4. The SMILES string of the molecule is O=c1ncc(Oc2cccc(C(F)(F)F)c2)c[nH]1.O=c1ncc(Oc2cccc(O)c2)c[nH]1. The average molecular weight is 460 g/mol. The van der Waals surface area contributed by atoms with Crippen molar-refractivity contribution in [2.24, 2.45) is 0 Å². The molecule has 0 aliphatic carbocycles. The lowest BCUT2D eigenvalue weighted by Gasteiger charge is -2.09. The minimum Gasteiger partial charge on any atom is -0.508 e. The van der Waals surface area contributed by atoms with Crippen LogP contribution >= 0.6 is 0 Å². The predicted molar refractivity (Wildman–Crippen MR) is 109 cm³/mol. The van der Waals surface area contributed by atoms with Crippen LogP contribution in [0.4, 0.5) is 13.2 Å². The molecule has 33 heavy (non-hydrogen) atoms. The number of nitrogens with zero attached hydrogens (tertiary/aromatic N) is 2. The fourth-order valence-electron chi connectivity index (χ4n) is 2.33. The van der Waals surface area contributed by atoms with E-state index in [1.165, 1.54) is 42.9 Å². The van der Waals surface area contributed by atoms with E-state index in [2.05, 4.69) is 19.9 Å². The normalized spacial score (nSPS) is 10.6. The van der Waals surface area contributed by atoms with Crippen molar-refractivity contribution in [2.45, 2.75) is 6.18 Å². The minimum atomic E-state index is -4.43. The number of benzene rings is 2. The number of aromatic nitrogens is 4. The summed E-state index contributed by atoms with van der Waals surface area (Å²) in [5, 5.41) is 9.18. The zero-order chi connectivity index (χ0) is 23.8. The van der Waals surface area contributed by atoms with Gasteiger partial charge >= 0.3 is 17.6 Å². The molecule has 2 aromatic carbocycles. The highest BCUT2D eigenvalue weighted by molar-refractivity contribution is 5.35. The highest BCUT2D eigenvalue weighted by Crippen LogP contribution is 2.32. The zero-order valence-corrected chi connectivity index (χ0v) is 16.5. The first-order chi connectivity index (χ1) is 15.7. The van der Waals surface area contributed by atoms with Crippen LogP contribution in [0.2, 0.25) is 0 Å². The predicted octanol–water partition coefficient (Wildman–Crippen LogP) is 3.85. The maximum absolute atomic E-state index is 12.4. The Bertz CT molecular complexity index is 1300. The molecular weight excluding hydrogens is 445 g/mol. The topological polar surface area (TPSA) is 130 Å². The molecule has 170 valence electrons. The van der Waals surface area contributed by atoms with E-state index in [0.29, 0.717) is 11.5 Å². The third-order valence-electron chi connectivity index (χ3n) is 3.74. The number of phenols is 1. The van der Waals surface area contributed by atoms with Gasteiger partial charge in [-0.2, -0.15) is 23.1 Å². The lowest BCUT2D eigenvalue weighted by molar-refractivity contribution is -0.137. The van der Waals surface area contributed by atoms with Crippen molar-refractivity contribution < 1.29 is 27.8 Å². The van der Waals surface area contributed by atoms with Gasteiger partial charge in [-0.05, 0) is 30.3 Å². The van der Waals surface area contributed by atoms with Gasteiger partial charge in [0.15, 0.2) is 11.5 Å². The van der Waals surface area contributed by atoms with E-state index in [4.69, 9.17) is 9.47 Å². The monoisotopic (exact) mass is 460 g/mol. The molecule has 0 saturated heterocycles. The Hall–Kier alpha value is -4.61. The molecule has 0 amide bonds. The summed E-state index contributed by atoms with van der Waals surface area (Å²) in [6, 6.07) is 10.8. The van der Waals surface area contributed by atoms with Gasteiger partial charge in [0.1, 0.15) is 17.2 Å². The molecule has 9 nitrogen and oxygen atoms in total. The molecule has 2 aromatic heterocycles. The smallest absolute Gasteiger partial charge is 0.416 e. The number of rotatable bonds is 4. The standard InChI is InChI=1S/C11H7F3N2O2.C10H8N2O3/c12-11(13,14)7-2-1-3-8(4-7)18-9-5-15-10(17)16-6-9;13-7-2-1-3-8(4-7)15-9-5-11-10(14)12-6-9/h1-6H,(H,15,16,17);1-6,13H,(H,11,12,14). The van der Waals surface area contributed by atoms with Crippen molar-refractivity contribution in [3.63, 3.8) is 0 Å². The second-order valence-corrected chi connectivity index (χ2v) is 6.24. The molecule has 0 saturated carbocycles. The number of hydrogen-bond donors (Lipinski definition) is 3. The van der Waals surface area contributed by atoms with Crippen molar-refractivity contribution in [1.82, 2.24) is 19.9 Å². The third-order valence-corrected chi connectivity index (χ3v) is 3.74. The maximum Gasteiger partial charge on any atom is 0.416 e. The molecule has 12 heteroatoms. The second kappa shape index (κ2) is 10.1. The van der Waals surface area contributed by atoms with Crippen LogP contribution in [0.3, 0.4) is 0 Å². The van der Waals surface area contributed by atoms with E-state index in [9.17, 15) is 27.9 Å². The third kappa shape index (κ3) is 7.24. The Kier molecular flexibility index (Phi) is 7.08. The number of aromatic hydroxyl groups is 1. The number of alkyl halides is 3. The molecule has 0 radical (unpaired) electrons. The van der Waals surface area contributed by atoms with E-state index in [1.807, 2.05) is 0 Å². The molecule has 0 atom stereocenters. The number of halogens is 3. The van der Waals surface area contributed by atoms with Crippen LogP contribution in [0.25, 0.3) is 0 Å². The summed E-state index contributed by atoms with van der Waals surface area (Å²) in [6.07, 6.45) is 0.625. The number of nitrogens with one attached hydrogen (secondary N) is 2. The van der Waals surface area contributed by atoms with Crippen molar-refractivity contribution in [1.29, 1.82) is 0 Å². The molecule has 0 unspecified atom stereocenters. The Balaban J connectivity index is 0.000000189.